The molecule has 0 saturated heterocycles. The number of carbonyl (C=O) groups is 1. The van der Waals surface area contributed by atoms with E-state index < -0.39 is 4.92 Å². The number of rotatable bonds is 8. The minimum absolute atomic E-state index is 0.00215. The number of nitro groups is 1. The number of non-ortho nitro benzene ring substituents is 1. The molecule has 1 aromatic heterocycles. The summed E-state index contributed by atoms with van der Waals surface area (Å²) >= 11 is 2.71. The Hall–Kier alpha value is -2.45. The second kappa shape index (κ2) is 8.96. The van der Waals surface area contributed by atoms with Gasteiger partial charge in [0, 0.05) is 12.1 Å². The lowest BCUT2D eigenvalue weighted by Gasteiger charge is -2.18. The fourth-order valence-corrected chi connectivity index (χ4v) is 4.64. The molecule has 0 spiro atoms. The van der Waals surface area contributed by atoms with E-state index in [9.17, 15) is 14.9 Å². The number of carbonyl (C=O) groups excluding carboxylic acids is 1. The summed E-state index contributed by atoms with van der Waals surface area (Å²) in [7, 11) is 0. The summed E-state index contributed by atoms with van der Waals surface area (Å²) in [5, 5.41) is 14.0. The molecule has 6 nitrogen and oxygen atoms in total. The number of aromatic nitrogens is 1. The lowest BCUT2D eigenvalue weighted by Crippen LogP contribution is -2.29. The molecule has 1 N–H and O–H groups in total. The normalized spacial score (nSPS) is 12.0. The molecule has 140 valence electrons. The van der Waals surface area contributed by atoms with Crippen LogP contribution < -0.4 is 5.32 Å². The molecular weight excluding hydrogens is 382 g/mol. The minimum atomic E-state index is -0.420. The molecule has 1 atom stereocenters. The molecule has 0 radical (unpaired) electrons. The summed E-state index contributed by atoms with van der Waals surface area (Å²) in [5.41, 5.74) is 1.86. The van der Waals surface area contributed by atoms with E-state index in [1.54, 1.807) is 6.07 Å². The van der Waals surface area contributed by atoms with Crippen molar-refractivity contribution in [1.82, 2.24) is 10.3 Å². The van der Waals surface area contributed by atoms with Crippen LogP contribution in [0, 0.1) is 10.1 Å². The Balaban J connectivity index is 1.62. The van der Waals surface area contributed by atoms with Crippen LogP contribution in [0.15, 0.2) is 52.9 Å². The second-order valence-electron chi connectivity index (χ2n) is 6.00. The van der Waals surface area contributed by atoms with Gasteiger partial charge in [-0.1, -0.05) is 55.4 Å². The molecule has 0 bridgehead atoms. The van der Waals surface area contributed by atoms with Crippen LogP contribution in [0.3, 0.4) is 0 Å². The fourth-order valence-electron chi connectivity index (χ4n) is 2.73. The monoisotopic (exact) mass is 401 g/mol. The van der Waals surface area contributed by atoms with Crippen molar-refractivity contribution in [2.24, 2.45) is 0 Å². The van der Waals surface area contributed by atoms with E-state index in [1.165, 1.54) is 35.2 Å². The number of thioether (sulfide) groups is 1. The van der Waals surface area contributed by atoms with Crippen LogP contribution in [-0.2, 0) is 4.79 Å². The second-order valence-corrected chi connectivity index (χ2v) is 8.25. The van der Waals surface area contributed by atoms with Crippen molar-refractivity contribution in [2.75, 3.05) is 5.75 Å². The third-order valence-corrected chi connectivity index (χ3v) is 6.17. The molecule has 0 saturated carbocycles. The molecule has 0 unspecified atom stereocenters. The Bertz CT molecular complexity index is 944. The summed E-state index contributed by atoms with van der Waals surface area (Å²) in [6.45, 7) is 2.09. The van der Waals surface area contributed by atoms with E-state index in [4.69, 9.17) is 0 Å². The van der Waals surface area contributed by atoms with E-state index in [0.717, 1.165) is 27.4 Å². The van der Waals surface area contributed by atoms with E-state index >= 15 is 0 Å². The zero-order valence-electron chi connectivity index (χ0n) is 14.8. The van der Waals surface area contributed by atoms with Crippen LogP contribution in [0.2, 0.25) is 0 Å². The van der Waals surface area contributed by atoms with E-state index in [-0.39, 0.29) is 23.4 Å². The lowest BCUT2D eigenvalue weighted by molar-refractivity contribution is -0.384. The van der Waals surface area contributed by atoms with Crippen molar-refractivity contribution in [2.45, 2.75) is 30.1 Å². The van der Waals surface area contributed by atoms with Crippen LogP contribution in [0.4, 0.5) is 5.69 Å². The highest BCUT2D eigenvalue weighted by atomic mass is 32.2. The third-order valence-electron chi connectivity index (χ3n) is 4.00. The van der Waals surface area contributed by atoms with Crippen LogP contribution in [0.25, 0.3) is 10.2 Å². The number of hydrogen-bond donors (Lipinski definition) is 1. The Kier molecular flexibility index (Phi) is 6.41. The summed E-state index contributed by atoms with van der Waals surface area (Å²) in [4.78, 5) is 27.3. The van der Waals surface area contributed by atoms with E-state index in [2.05, 4.69) is 17.2 Å². The van der Waals surface area contributed by atoms with Gasteiger partial charge in [0.1, 0.15) is 0 Å². The Morgan fingerprint density at radius 3 is 2.78 bits per heavy atom. The van der Waals surface area contributed by atoms with Crippen LogP contribution in [-0.4, -0.2) is 21.6 Å². The standard InChI is InChI=1S/C19H19N3O3S2/c1-2-6-15(13-7-4-3-5-8-13)20-18(23)12-26-19-21-16-10-9-14(22(24)25)11-17(16)27-19/h3-5,7-11,15H,2,6,12H2,1H3,(H,20,23)/t15-/m0/s1. The largest absolute Gasteiger partial charge is 0.349 e. The minimum Gasteiger partial charge on any atom is -0.349 e. The topological polar surface area (TPSA) is 85.1 Å². The first kappa shape index (κ1) is 19.3. The number of thiazole rings is 1. The van der Waals surface area contributed by atoms with Gasteiger partial charge in [0.15, 0.2) is 4.34 Å². The highest BCUT2D eigenvalue weighted by Gasteiger charge is 2.15. The van der Waals surface area contributed by atoms with Gasteiger partial charge in [-0.25, -0.2) is 4.98 Å². The van der Waals surface area contributed by atoms with E-state index in [0.29, 0.717) is 5.52 Å². The van der Waals surface area contributed by atoms with Gasteiger partial charge in [0.05, 0.1) is 26.9 Å². The zero-order valence-corrected chi connectivity index (χ0v) is 16.4. The predicted molar refractivity (Wildman–Crippen MR) is 109 cm³/mol. The first-order valence-corrected chi connectivity index (χ1v) is 10.4. The molecule has 1 heterocycles. The molecule has 2 aromatic carbocycles. The maximum atomic E-state index is 12.4. The summed E-state index contributed by atoms with van der Waals surface area (Å²) < 4.78 is 1.48. The maximum Gasteiger partial charge on any atom is 0.270 e. The van der Waals surface area contributed by atoms with Gasteiger partial charge in [-0.15, -0.1) is 11.3 Å². The van der Waals surface area contributed by atoms with Gasteiger partial charge in [-0.3, -0.25) is 14.9 Å². The fraction of sp³-hybridized carbons (Fsp3) is 0.263. The maximum absolute atomic E-state index is 12.4. The number of benzene rings is 2. The van der Waals surface area contributed by atoms with Crippen LogP contribution >= 0.6 is 23.1 Å². The molecule has 0 aliphatic heterocycles. The molecule has 3 aromatic rings. The van der Waals surface area contributed by atoms with Gasteiger partial charge in [-0.05, 0) is 18.1 Å². The van der Waals surface area contributed by atoms with Gasteiger partial charge < -0.3 is 5.32 Å². The number of amides is 1. The molecular formula is C19H19N3O3S2. The Labute approximate surface area is 165 Å². The lowest BCUT2D eigenvalue weighted by atomic mass is 10.0. The van der Waals surface area contributed by atoms with Gasteiger partial charge in [0.2, 0.25) is 5.91 Å². The quantitative estimate of drug-likeness (QED) is 0.328. The third kappa shape index (κ3) is 5.05. The molecule has 0 aliphatic carbocycles. The van der Waals surface area contributed by atoms with E-state index in [1.807, 2.05) is 30.3 Å². The molecule has 27 heavy (non-hydrogen) atoms. The number of nitrogens with one attached hydrogen (secondary N) is 1. The number of nitrogens with zero attached hydrogens (tertiary/aromatic N) is 2. The Morgan fingerprint density at radius 2 is 2.07 bits per heavy atom. The predicted octanol–water partition coefficient (Wildman–Crippen LogP) is 4.95. The average molecular weight is 402 g/mol. The Morgan fingerprint density at radius 1 is 1.30 bits per heavy atom. The van der Waals surface area contributed by atoms with Crippen molar-refractivity contribution < 1.29 is 9.72 Å². The summed E-state index contributed by atoms with van der Waals surface area (Å²) in [6, 6.07) is 14.5. The van der Waals surface area contributed by atoms with Crippen LogP contribution in [0.5, 0.6) is 0 Å². The van der Waals surface area contributed by atoms with Crippen LogP contribution in [0.1, 0.15) is 31.4 Å². The molecule has 8 heteroatoms. The number of nitro benzene ring substituents is 1. The highest BCUT2D eigenvalue weighted by molar-refractivity contribution is 8.01. The van der Waals surface area contributed by atoms with Crippen molar-refractivity contribution >= 4 is 44.9 Å². The highest BCUT2D eigenvalue weighted by Crippen LogP contribution is 2.31. The summed E-state index contributed by atoms with van der Waals surface area (Å²) in [6.07, 6.45) is 1.86. The SMILES string of the molecule is CCC[C@H](NC(=O)CSc1nc2ccc([N+](=O)[O-])cc2s1)c1ccccc1. The smallest absolute Gasteiger partial charge is 0.270 e. The van der Waals surface area contributed by atoms with Gasteiger partial charge in [0.25, 0.3) is 5.69 Å². The average Bonchev–Trinajstić information content (AvgIpc) is 3.09. The van der Waals surface area contributed by atoms with Gasteiger partial charge in [-0.2, -0.15) is 0 Å². The summed E-state index contributed by atoms with van der Waals surface area (Å²) in [5.74, 6) is 0.210. The molecule has 0 aliphatic rings. The molecule has 0 fully saturated rings. The number of hydrogen-bond acceptors (Lipinski definition) is 6. The van der Waals surface area contributed by atoms with Gasteiger partial charge >= 0.3 is 0 Å². The first-order valence-electron chi connectivity index (χ1n) is 8.59. The zero-order chi connectivity index (χ0) is 19.2. The number of fused-ring (bicyclic) bond motifs is 1. The van der Waals surface area contributed by atoms with Crippen molar-refractivity contribution in [3.63, 3.8) is 0 Å². The first-order chi connectivity index (χ1) is 13.1. The van der Waals surface area contributed by atoms with Crippen molar-refractivity contribution in [3.8, 4) is 0 Å². The van der Waals surface area contributed by atoms with Crippen molar-refractivity contribution in [1.29, 1.82) is 0 Å². The van der Waals surface area contributed by atoms with Crippen molar-refractivity contribution in [3.05, 3.63) is 64.2 Å². The molecule has 1 amide bonds. The molecule has 3 rings (SSSR count).